The molecule has 0 aliphatic heterocycles. The summed E-state index contributed by atoms with van der Waals surface area (Å²) in [6.45, 7) is 0. The average molecular weight is 353 g/mol. The maximum Gasteiger partial charge on any atom is 0.223 e. The summed E-state index contributed by atoms with van der Waals surface area (Å²) in [4.78, 5) is 26.4. The number of ketones is 1. The third-order valence-corrected chi connectivity index (χ3v) is 6.60. The monoisotopic (exact) mass is 353 g/mol. The molecular weight excluding hydrogens is 330 g/mol. The van der Waals surface area contributed by atoms with Crippen LogP contribution in [0.15, 0.2) is 47.8 Å². The summed E-state index contributed by atoms with van der Waals surface area (Å²) in [7, 11) is 0. The van der Waals surface area contributed by atoms with Gasteiger partial charge in [-0.15, -0.1) is 11.3 Å². The predicted octanol–water partition coefficient (Wildman–Crippen LogP) is 4.35. The Bertz CT molecular complexity index is 725. The van der Waals surface area contributed by atoms with Gasteiger partial charge < -0.3 is 5.32 Å². The topological polar surface area (TPSA) is 46.2 Å². The van der Waals surface area contributed by atoms with Gasteiger partial charge in [-0.2, -0.15) is 0 Å². The first-order valence-electron chi connectivity index (χ1n) is 9.15. The molecule has 1 aromatic carbocycles. The Morgan fingerprint density at radius 3 is 2.40 bits per heavy atom. The van der Waals surface area contributed by atoms with Crippen LogP contribution in [-0.4, -0.2) is 11.7 Å². The molecule has 2 aliphatic carbocycles. The van der Waals surface area contributed by atoms with E-state index >= 15 is 0 Å². The number of amides is 1. The maximum absolute atomic E-state index is 13.0. The van der Waals surface area contributed by atoms with Crippen molar-refractivity contribution >= 4 is 23.0 Å². The minimum Gasteiger partial charge on any atom is -0.344 e. The quantitative estimate of drug-likeness (QED) is 0.888. The molecule has 1 heterocycles. The molecule has 3 atom stereocenters. The number of fused-ring (bicyclic) bond motifs is 2. The van der Waals surface area contributed by atoms with Gasteiger partial charge in [-0.25, -0.2) is 0 Å². The van der Waals surface area contributed by atoms with E-state index in [-0.39, 0.29) is 29.7 Å². The van der Waals surface area contributed by atoms with Crippen molar-refractivity contribution in [2.24, 2.45) is 17.8 Å². The molecule has 0 spiro atoms. The van der Waals surface area contributed by atoms with E-state index in [0.29, 0.717) is 5.78 Å². The average Bonchev–Trinajstić information content (AvgIpc) is 3.14. The van der Waals surface area contributed by atoms with E-state index in [2.05, 4.69) is 23.5 Å². The normalized spacial score (nSPS) is 26.9. The van der Waals surface area contributed by atoms with E-state index in [1.54, 1.807) is 11.3 Å². The molecule has 1 N–H and O–H groups in total. The number of nitrogens with one attached hydrogen (secondary N) is 1. The van der Waals surface area contributed by atoms with Crippen LogP contribution in [0.1, 0.15) is 48.6 Å². The summed E-state index contributed by atoms with van der Waals surface area (Å²) < 4.78 is 0. The highest BCUT2D eigenvalue weighted by Gasteiger charge is 2.41. The second-order valence-corrected chi connectivity index (χ2v) is 8.24. The lowest BCUT2D eigenvalue weighted by atomic mass is 9.67. The summed E-state index contributed by atoms with van der Waals surface area (Å²) in [6.07, 6.45) is 4.52. The number of hydrogen-bond donors (Lipinski definition) is 1. The van der Waals surface area contributed by atoms with E-state index in [1.165, 1.54) is 0 Å². The van der Waals surface area contributed by atoms with Crippen molar-refractivity contribution in [1.82, 2.24) is 5.32 Å². The Morgan fingerprint density at radius 1 is 1.04 bits per heavy atom. The maximum atomic E-state index is 13.0. The fourth-order valence-corrected chi connectivity index (χ4v) is 5.18. The summed E-state index contributed by atoms with van der Waals surface area (Å²) in [5.41, 5.74) is 1.10. The van der Waals surface area contributed by atoms with E-state index in [1.807, 2.05) is 29.6 Å². The number of hydrogen-bond acceptors (Lipinski definition) is 3. The minimum atomic E-state index is -0.105. The van der Waals surface area contributed by atoms with Crippen molar-refractivity contribution < 1.29 is 9.59 Å². The summed E-state index contributed by atoms with van der Waals surface area (Å²) in [5.74, 6) is 0.708. The Hall–Kier alpha value is -1.94. The summed E-state index contributed by atoms with van der Waals surface area (Å²) in [5, 5.41) is 5.31. The largest absolute Gasteiger partial charge is 0.344 e. The second-order valence-electron chi connectivity index (χ2n) is 7.26. The van der Waals surface area contributed by atoms with Crippen molar-refractivity contribution in [3.8, 4) is 0 Å². The lowest BCUT2D eigenvalue weighted by Crippen LogP contribution is -2.43. The van der Waals surface area contributed by atoms with E-state index in [0.717, 1.165) is 42.5 Å². The van der Waals surface area contributed by atoms with Crippen molar-refractivity contribution in [1.29, 1.82) is 0 Å². The van der Waals surface area contributed by atoms with Gasteiger partial charge in [0.05, 0.1) is 6.04 Å². The van der Waals surface area contributed by atoms with Gasteiger partial charge in [0.2, 0.25) is 5.91 Å². The number of carbonyl (C=O) groups excluding carboxylic acids is 2. The first-order valence-corrected chi connectivity index (χ1v) is 10.0. The lowest BCUT2D eigenvalue weighted by molar-refractivity contribution is -0.137. The number of benzene rings is 1. The first-order chi connectivity index (χ1) is 12.2. The molecule has 2 bridgehead atoms. The van der Waals surface area contributed by atoms with Crippen LogP contribution >= 0.6 is 11.3 Å². The zero-order valence-electron chi connectivity index (χ0n) is 14.2. The number of carbonyl (C=O) groups is 2. The molecule has 25 heavy (non-hydrogen) atoms. The van der Waals surface area contributed by atoms with Gasteiger partial charge in [0, 0.05) is 22.6 Å². The van der Waals surface area contributed by atoms with Crippen molar-refractivity contribution in [3.63, 3.8) is 0 Å². The summed E-state index contributed by atoms with van der Waals surface area (Å²) in [6, 6.07) is 14.1. The zero-order valence-corrected chi connectivity index (χ0v) is 15.0. The van der Waals surface area contributed by atoms with Gasteiger partial charge in [0.25, 0.3) is 0 Å². The molecule has 2 aromatic rings. The van der Waals surface area contributed by atoms with Crippen LogP contribution in [0.2, 0.25) is 0 Å². The van der Waals surface area contributed by atoms with Crippen LogP contribution < -0.4 is 5.32 Å². The summed E-state index contributed by atoms with van der Waals surface area (Å²) >= 11 is 1.66. The van der Waals surface area contributed by atoms with Gasteiger partial charge in [0.15, 0.2) is 0 Å². The highest BCUT2D eigenvalue weighted by molar-refractivity contribution is 7.10. The van der Waals surface area contributed by atoms with Gasteiger partial charge in [-0.05, 0) is 42.7 Å². The molecule has 3 nitrogen and oxygen atoms in total. The number of thiophene rings is 1. The highest BCUT2D eigenvalue weighted by Crippen LogP contribution is 2.40. The minimum absolute atomic E-state index is 0.0285. The molecule has 4 heteroatoms. The zero-order chi connectivity index (χ0) is 17.2. The Balaban J connectivity index is 1.52. The van der Waals surface area contributed by atoms with E-state index in [4.69, 9.17) is 0 Å². The molecule has 130 valence electrons. The van der Waals surface area contributed by atoms with Gasteiger partial charge in [0.1, 0.15) is 5.78 Å². The molecule has 0 saturated heterocycles. The smallest absolute Gasteiger partial charge is 0.223 e. The van der Waals surface area contributed by atoms with Crippen LogP contribution in [0, 0.1) is 17.8 Å². The van der Waals surface area contributed by atoms with Gasteiger partial charge in [-0.1, -0.05) is 42.8 Å². The highest BCUT2D eigenvalue weighted by atomic mass is 32.1. The molecule has 2 saturated carbocycles. The first kappa shape index (κ1) is 16.5. The third-order valence-electron chi connectivity index (χ3n) is 5.67. The van der Waals surface area contributed by atoms with E-state index in [9.17, 15) is 9.59 Å². The fourth-order valence-electron chi connectivity index (χ4n) is 4.37. The fraction of sp³-hybridized carbons (Fsp3) is 0.429. The van der Waals surface area contributed by atoms with Crippen molar-refractivity contribution in [2.45, 2.75) is 38.1 Å². The molecule has 1 aromatic heterocycles. The standard InChI is InChI=1S/C21H23NO2S/c23-20-15-8-4-9-16(20)13-17(12-15)21(24)22-19(18-10-5-11-25-18)14-6-2-1-3-7-14/h1-3,5-7,10-11,15-17,19H,4,8-9,12-13H2,(H,22,24). The molecule has 1 amide bonds. The van der Waals surface area contributed by atoms with Crippen LogP contribution in [0.25, 0.3) is 0 Å². The molecular formula is C21H23NO2S. The second kappa shape index (κ2) is 7.12. The Morgan fingerprint density at radius 2 is 1.76 bits per heavy atom. The third kappa shape index (κ3) is 3.40. The molecule has 4 rings (SSSR count). The van der Waals surface area contributed by atoms with Crippen molar-refractivity contribution in [2.75, 3.05) is 0 Å². The lowest BCUT2D eigenvalue weighted by Gasteiger charge is -2.37. The Kier molecular flexibility index (Phi) is 4.71. The number of Topliss-reactive ketones (excluding diaryl/α,β-unsaturated/α-hetero) is 1. The molecule has 2 aliphatic rings. The Labute approximate surface area is 152 Å². The predicted molar refractivity (Wildman–Crippen MR) is 99.3 cm³/mol. The van der Waals surface area contributed by atoms with Crippen LogP contribution in [0.5, 0.6) is 0 Å². The van der Waals surface area contributed by atoms with Crippen LogP contribution in [-0.2, 0) is 9.59 Å². The van der Waals surface area contributed by atoms with Crippen LogP contribution in [0.3, 0.4) is 0 Å². The SMILES string of the molecule is O=C(NC(c1ccccc1)c1cccs1)C1CC2CCCC(C1)C2=O. The molecule has 2 fully saturated rings. The van der Waals surface area contributed by atoms with Gasteiger partial charge >= 0.3 is 0 Å². The van der Waals surface area contributed by atoms with Crippen molar-refractivity contribution in [3.05, 3.63) is 58.3 Å². The molecule has 3 unspecified atom stereocenters. The number of rotatable bonds is 4. The van der Waals surface area contributed by atoms with E-state index < -0.39 is 0 Å². The van der Waals surface area contributed by atoms with Gasteiger partial charge in [-0.3, -0.25) is 9.59 Å². The molecule has 0 radical (unpaired) electrons. The van der Waals surface area contributed by atoms with Crippen LogP contribution in [0.4, 0.5) is 0 Å².